The normalized spacial score (nSPS) is 11.4. The maximum absolute atomic E-state index is 13.3. The van der Waals surface area contributed by atoms with Crippen LogP contribution in [0.15, 0.2) is 97.1 Å². The van der Waals surface area contributed by atoms with Crippen molar-refractivity contribution in [2.75, 3.05) is 5.32 Å². The number of halogens is 2. The van der Waals surface area contributed by atoms with E-state index < -0.39 is 18.0 Å². The lowest BCUT2D eigenvalue weighted by molar-refractivity contribution is -0.125. The largest absolute Gasteiger partial charge is 0.444 e. The van der Waals surface area contributed by atoms with Crippen molar-refractivity contribution < 1.29 is 19.1 Å². The van der Waals surface area contributed by atoms with Crippen LogP contribution in [0.4, 0.5) is 5.69 Å². The maximum Gasteiger partial charge on any atom is 0.340 e. The summed E-state index contributed by atoms with van der Waals surface area (Å²) in [5.41, 5.74) is 2.50. The van der Waals surface area contributed by atoms with Gasteiger partial charge in [-0.3, -0.25) is 9.59 Å². The Kier molecular flexibility index (Phi) is 7.84. The SMILES string of the molecule is Cc1ccc(C(=O)c2ccccc2C(=O)O[C@@H](C(=O)Nc2cc(Cl)cc(Cl)c2)c2ccccc2)cc1. The summed E-state index contributed by atoms with van der Waals surface area (Å²) < 4.78 is 5.69. The molecule has 0 heterocycles. The second kappa shape index (κ2) is 11.2. The Labute approximate surface area is 218 Å². The van der Waals surface area contributed by atoms with Crippen molar-refractivity contribution in [2.24, 2.45) is 0 Å². The molecule has 0 fully saturated rings. The number of hydrogen-bond donors (Lipinski definition) is 1. The van der Waals surface area contributed by atoms with Gasteiger partial charge in [0, 0.05) is 32.4 Å². The number of benzene rings is 4. The Bertz CT molecular complexity index is 1400. The van der Waals surface area contributed by atoms with Gasteiger partial charge < -0.3 is 10.1 Å². The number of ketones is 1. The van der Waals surface area contributed by atoms with E-state index in [2.05, 4.69) is 5.32 Å². The van der Waals surface area contributed by atoms with Crippen molar-refractivity contribution in [2.45, 2.75) is 13.0 Å². The van der Waals surface area contributed by atoms with Crippen LogP contribution in [0.1, 0.15) is 43.5 Å². The number of amides is 1. The second-order valence-electron chi connectivity index (χ2n) is 8.08. The molecule has 4 aromatic carbocycles. The van der Waals surface area contributed by atoms with Crippen LogP contribution in [0.3, 0.4) is 0 Å². The van der Waals surface area contributed by atoms with E-state index in [1.807, 2.05) is 19.1 Å². The van der Waals surface area contributed by atoms with Crippen molar-refractivity contribution in [3.05, 3.63) is 135 Å². The number of ether oxygens (including phenoxy) is 1. The van der Waals surface area contributed by atoms with Crippen LogP contribution in [0.25, 0.3) is 0 Å². The molecule has 0 aliphatic rings. The molecular weight excluding hydrogens is 497 g/mol. The van der Waals surface area contributed by atoms with Crippen molar-refractivity contribution in [1.82, 2.24) is 0 Å². The number of carbonyl (C=O) groups is 3. The highest BCUT2D eigenvalue weighted by Gasteiger charge is 2.28. The minimum Gasteiger partial charge on any atom is -0.444 e. The maximum atomic E-state index is 13.3. The molecule has 4 aromatic rings. The Hall–Kier alpha value is -3.93. The van der Waals surface area contributed by atoms with Gasteiger partial charge in [0.1, 0.15) is 0 Å². The van der Waals surface area contributed by atoms with E-state index in [0.29, 0.717) is 26.9 Å². The summed E-state index contributed by atoms with van der Waals surface area (Å²) in [4.78, 5) is 39.7. The number of hydrogen-bond acceptors (Lipinski definition) is 4. The first kappa shape index (κ1) is 25.2. The first-order valence-corrected chi connectivity index (χ1v) is 11.8. The van der Waals surface area contributed by atoms with Gasteiger partial charge in [-0.2, -0.15) is 0 Å². The van der Waals surface area contributed by atoms with Crippen LogP contribution in [-0.2, 0) is 9.53 Å². The summed E-state index contributed by atoms with van der Waals surface area (Å²) in [6, 6.07) is 26.6. The molecule has 0 aliphatic heterocycles. The third kappa shape index (κ3) is 6.00. The molecule has 0 unspecified atom stereocenters. The standard InChI is InChI=1S/C29H21Cl2NO4/c1-18-11-13-19(14-12-18)26(33)24-9-5-6-10-25(24)29(35)36-27(20-7-3-2-4-8-20)28(34)32-23-16-21(30)15-22(31)17-23/h2-17,27H,1H3,(H,32,34)/t27-/m1/s1. The van der Waals surface area contributed by atoms with Gasteiger partial charge in [-0.05, 0) is 31.2 Å². The number of anilines is 1. The lowest BCUT2D eigenvalue weighted by Crippen LogP contribution is -2.26. The molecule has 0 saturated heterocycles. The van der Waals surface area contributed by atoms with Crippen LogP contribution in [0.5, 0.6) is 0 Å². The zero-order valence-corrected chi connectivity index (χ0v) is 20.7. The summed E-state index contributed by atoms with van der Waals surface area (Å²) in [5.74, 6) is -1.73. The molecule has 180 valence electrons. The molecule has 0 bridgehead atoms. The quantitative estimate of drug-likeness (QED) is 0.210. The summed E-state index contributed by atoms with van der Waals surface area (Å²) in [6.45, 7) is 1.92. The van der Waals surface area contributed by atoms with Gasteiger partial charge in [0.25, 0.3) is 5.91 Å². The smallest absolute Gasteiger partial charge is 0.340 e. The van der Waals surface area contributed by atoms with Crippen LogP contribution >= 0.6 is 23.2 Å². The van der Waals surface area contributed by atoms with Gasteiger partial charge in [0.05, 0.1) is 5.56 Å². The molecular formula is C29H21Cl2NO4. The van der Waals surface area contributed by atoms with E-state index >= 15 is 0 Å². The van der Waals surface area contributed by atoms with Crippen LogP contribution in [-0.4, -0.2) is 17.7 Å². The van der Waals surface area contributed by atoms with E-state index in [1.165, 1.54) is 24.3 Å². The number of esters is 1. The highest BCUT2D eigenvalue weighted by atomic mass is 35.5. The predicted octanol–water partition coefficient (Wildman–Crippen LogP) is 7.07. The number of rotatable bonds is 7. The Balaban J connectivity index is 1.64. The molecule has 1 atom stereocenters. The van der Waals surface area contributed by atoms with Gasteiger partial charge in [-0.1, -0.05) is 102 Å². The minimum atomic E-state index is -1.29. The summed E-state index contributed by atoms with van der Waals surface area (Å²) in [7, 11) is 0. The first-order chi connectivity index (χ1) is 17.3. The lowest BCUT2D eigenvalue weighted by Gasteiger charge is -2.19. The number of aryl methyl sites for hydroxylation is 1. The zero-order valence-electron chi connectivity index (χ0n) is 19.2. The molecule has 0 aliphatic carbocycles. The highest BCUT2D eigenvalue weighted by Crippen LogP contribution is 2.26. The van der Waals surface area contributed by atoms with E-state index in [0.717, 1.165) is 5.56 Å². The first-order valence-electron chi connectivity index (χ1n) is 11.0. The van der Waals surface area contributed by atoms with Crippen molar-refractivity contribution in [3.63, 3.8) is 0 Å². The van der Waals surface area contributed by atoms with Gasteiger partial charge >= 0.3 is 5.97 Å². The second-order valence-corrected chi connectivity index (χ2v) is 8.96. The zero-order chi connectivity index (χ0) is 25.7. The summed E-state index contributed by atoms with van der Waals surface area (Å²) in [6.07, 6.45) is -1.29. The van der Waals surface area contributed by atoms with Crippen molar-refractivity contribution in [3.8, 4) is 0 Å². The number of nitrogens with one attached hydrogen (secondary N) is 1. The molecule has 4 rings (SSSR count). The fourth-order valence-electron chi connectivity index (χ4n) is 3.62. The van der Waals surface area contributed by atoms with E-state index in [1.54, 1.807) is 60.7 Å². The van der Waals surface area contributed by atoms with E-state index in [9.17, 15) is 14.4 Å². The van der Waals surface area contributed by atoms with E-state index in [-0.39, 0.29) is 16.9 Å². The molecule has 36 heavy (non-hydrogen) atoms. The van der Waals surface area contributed by atoms with Crippen LogP contribution in [0.2, 0.25) is 10.0 Å². The molecule has 7 heteroatoms. The van der Waals surface area contributed by atoms with Gasteiger partial charge in [-0.25, -0.2) is 4.79 Å². The molecule has 5 nitrogen and oxygen atoms in total. The molecule has 1 amide bonds. The Morgan fingerprint density at radius 2 is 1.33 bits per heavy atom. The fraction of sp³-hybridized carbons (Fsp3) is 0.0690. The lowest BCUT2D eigenvalue weighted by atomic mass is 9.97. The molecule has 0 spiro atoms. The monoisotopic (exact) mass is 517 g/mol. The fourth-order valence-corrected chi connectivity index (χ4v) is 4.15. The number of carbonyl (C=O) groups excluding carboxylic acids is 3. The Morgan fingerprint density at radius 3 is 1.97 bits per heavy atom. The van der Waals surface area contributed by atoms with Gasteiger partial charge in [0.15, 0.2) is 5.78 Å². The third-order valence-corrected chi connectivity index (χ3v) is 5.84. The third-order valence-electron chi connectivity index (χ3n) is 5.40. The van der Waals surface area contributed by atoms with Crippen molar-refractivity contribution in [1.29, 1.82) is 0 Å². The predicted molar refractivity (Wildman–Crippen MR) is 141 cm³/mol. The Morgan fingerprint density at radius 1 is 0.750 bits per heavy atom. The van der Waals surface area contributed by atoms with Gasteiger partial charge in [0.2, 0.25) is 6.10 Å². The molecule has 0 radical (unpaired) electrons. The average Bonchev–Trinajstić information content (AvgIpc) is 2.87. The average molecular weight is 518 g/mol. The van der Waals surface area contributed by atoms with Crippen LogP contribution in [0, 0.1) is 6.92 Å². The van der Waals surface area contributed by atoms with Crippen LogP contribution < -0.4 is 5.32 Å². The summed E-state index contributed by atoms with van der Waals surface area (Å²) in [5, 5.41) is 3.38. The molecule has 0 saturated carbocycles. The molecule has 1 N–H and O–H groups in total. The highest BCUT2D eigenvalue weighted by molar-refractivity contribution is 6.35. The van der Waals surface area contributed by atoms with Gasteiger partial charge in [-0.15, -0.1) is 0 Å². The minimum absolute atomic E-state index is 0.0580. The topological polar surface area (TPSA) is 72.5 Å². The van der Waals surface area contributed by atoms with Crippen molar-refractivity contribution >= 4 is 46.5 Å². The summed E-state index contributed by atoms with van der Waals surface area (Å²) >= 11 is 12.1. The van der Waals surface area contributed by atoms with E-state index in [4.69, 9.17) is 27.9 Å². The molecule has 0 aromatic heterocycles.